The maximum Gasteiger partial charge on any atom is 0.412 e. The zero-order valence-corrected chi connectivity index (χ0v) is 28.5. The van der Waals surface area contributed by atoms with Gasteiger partial charge in [0.1, 0.15) is 17.1 Å². The van der Waals surface area contributed by atoms with Crippen molar-refractivity contribution in [2.75, 3.05) is 11.9 Å². The smallest absolute Gasteiger partial charge is 0.412 e. The molecule has 1 fully saturated rings. The Labute approximate surface area is 285 Å². The molecule has 1 unspecified atom stereocenters. The van der Waals surface area contributed by atoms with Crippen LogP contribution in [-0.2, 0) is 16.1 Å². The van der Waals surface area contributed by atoms with Gasteiger partial charge in [0.05, 0.1) is 17.4 Å². The quantitative estimate of drug-likeness (QED) is 0.124. The standard InChI is InChI=1S/C38H44F4N4O3/c1-6-9-29(38(40,41)42)21-33(45-30-13-8-11-26(19-30)23-44-36(48)49-37(3,4)5)35(47)46-32-20-28(16-17-31(32)39)34(43-22-25-14-15-25)27-12-7-10-24(2)18-27/h7-8,10-13,16-21,25,34,43H,6,9,14-15,22-23H2,1-5H3,(H,44,48)(H,46,47)/b29-21+,45-33?. The van der Waals surface area contributed by atoms with E-state index in [2.05, 4.69) is 20.9 Å². The summed E-state index contributed by atoms with van der Waals surface area (Å²) < 4.78 is 62.5. The van der Waals surface area contributed by atoms with Gasteiger partial charge in [0, 0.05) is 12.1 Å². The molecule has 0 spiro atoms. The van der Waals surface area contributed by atoms with E-state index in [0.29, 0.717) is 23.1 Å². The number of carbonyl (C=O) groups excluding carboxylic acids is 2. The summed E-state index contributed by atoms with van der Waals surface area (Å²) in [7, 11) is 0. The Hall–Kier alpha value is -4.51. The molecule has 1 atom stereocenters. The molecule has 2 amide bonds. The van der Waals surface area contributed by atoms with Crippen LogP contribution in [0, 0.1) is 18.7 Å². The summed E-state index contributed by atoms with van der Waals surface area (Å²) in [6.07, 6.45) is -2.55. The number of halogens is 4. The highest BCUT2D eigenvalue weighted by atomic mass is 19.4. The molecular weight excluding hydrogens is 636 g/mol. The first-order valence-corrected chi connectivity index (χ1v) is 16.4. The Kier molecular flexibility index (Phi) is 12.4. The number of hydrogen-bond donors (Lipinski definition) is 3. The fourth-order valence-corrected chi connectivity index (χ4v) is 5.13. The average Bonchev–Trinajstić information content (AvgIpc) is 3.84. The molecule has 3 aromatic rings. The number of nitrogens with zero attached hydrogens (tertiary/aromatic N) is 1. The monoisotopic (exact) mass is 680 g/mol. The average molecular weight is 681 g/mol. The maximum atomic E-state index is 15.2. The lowest BCUT2D eigenvalue weighted by atomic mass is 9.96. The van der Waals surface area contributed by atoms with Crippen molar-refractivity contribution in [3.8, 4) is 0 Å². The minimum Gasteiger partial charge on any atom is -0.444 e. The van der Waals surface area contributed by atoms with E-state index in [9.17, 15) is 22.8 Å². The van der Waals surface area contributed by atoms with Gasteiger partial charge in [-0.3, -0.25) is 4.79 Å². The lowest BCUT2D eigenvalue weighted by Crippen LogP contribution is -2.32. The van der Waals surface area contributed by atoms with Crippen LogP contribution in [0.2, 0.25) is 0 Å². The number of aliphatic imine (C=N–C) groups is 1. The summed E-state index contributed by atoms with van der Waals surface area (Å²) in [5, 5.41) is 8.66. The van der Waals surface area contributed by atoms with E-state index >= 15 is 4.39 Å². The van der Waals surface area contributed by atoms with Gasteiger partial charge in [-0.05, 0) is 106 Å². The molecule has 0 heterocycles. The third-order valence-corrected chi connectivity index (χ3v) is 7.68. The molecule has 0 bridgehead atoms. The van der Waals surface area contributed by atoms with Gasteiger partial charge in [-0.1, -0.05) is 61.4 Å². The third-order valence-electron chi connectivity index (χ3n) is 7.68. The molecule has 1 saturated carbocycles. The molecule has 0 radical (unpaired) electrons. The molecule has 3 N–H and O–H groups in total. The largest absolute Gasteiger partial charge is 0.444 e. The Morgan fingerprint density at radius 1 is 1.00 bits per heavy atom. The number of amides is 2. The Bertz CT molecular complexity index is 1690. The first kappa shape index (κ1) is 37.3. The van der Waals surface area contributed by atoms with Crippen molar-refractivity contribution in [3.63, 3.8) is 0 Å². The number of alkyl halides is 3. The molecule has 49 heavy (non-hydrogen) atoms. The number of aryl methyl sites for hydroxylation is 1. The van der Waals surface area contributed by atoms with Gasteiger partial charge in [0.2, 0.25) is 0 Å². The number of anilines is 1. The van der Waals surface area contributed by atoms with Crippen molar-refractivity contribution >= 4 is 29.1 Å². The van der Waals surface area contributed by atoms with E-state index < -0.39 is 40.9 Å². The summed E-state index contributed by atoms with van der Waals surface area (Å²) in [4.78, 5) is 30.1. The maximum absolute atomic E-state index is 15.2. The number of rotatable bonds is 13. The molecule has 262 valence electrons. The van der Waals surface area contributed by atoms with Crippen LogP contribution in [0.25, 0.3) is 0 Å². The summed E-state index contributed by atoms with van der Waals surface area (Å²) >= 11 is 0. The number of alkyl carbamates (subject to hydrolysis) is 1. The minimum absolute atomic E-state index is 0.0498. The fourth-order valence-electron chi connectivity index (χ4n) is 5.13. The van der Waals surface area contributed by atoms with E-state index in [1.807, 2.05) is 31.2 Å². The van der Waals surface area contributed by atoms with E-state index in [1.54, 1.807) is 45.9 Å². The van der Waals surface area contributed by atoms with Crippen LogP contribution in [0.15, 0.2) is 83.4 Å². The molecule has 11 heteroatoms. The van der Waals surface area contributed by atoms with E-state index in [0.717, 1.165) is 30.5 Å². The Morgan fingerprint density at radius 2 is 1.71 bits per heavy atom. The number of nitrogens with one attached hydrogen (secondary N) is 3. The predicted molar refractivity (Wildman–Crippen MR) is 184 cm³/mol. The molecular formula is C38H44F4N4O3. The van der Waals surface area contributed by atoms with Crippen LogP contribution in [0.4, 0.5) is 33.7 Å². The van der Waals surface area contributed by atoms with Crippen LogP contribution < -0.4 is 16.0 Å². The number of ether oxygens (including phenoxy) is 1. The van der Waals surface area contributed by atoms with Gasteiger partial charge in [-0.15, -0.1) is 0 Å². The highest BCUT2D eigenvalue weighted by Crippen LogP contribution is 2.32. The van der Waals surface area contributed by atoms with Crippen molar-refractivity contribution < 1.29 is 31.9 Å². The lowest BCUT2D eigenvalue weighted by molar-refractivity contribution is -0.110. The van der Waals surface area contributed by atoms with Crippen molar-refractivity contribution in [1.82, 2.24) is 10.6 Å². The van der Waals surface area contributed by atoms with Crippen molar-refractivity contribution in [1.29, 1.82) is 0 Å². The lowest BCUT2D eigenvalue weighted by Gasteiger charge is -2.21. The topological polar surface area (TPSA) is 91.8 Å². The summed E-state index contributed by atoms with van der Waals surface area (Å²) in [5.74, 6) is -1.19. The zero-order chi connectivity index (χ0) is 35.8. The van der Waals surface area contributed by atoms with Crippen LogP contribution in [0.1, 0.15) is 81.7 Å². The van der Waals surface area contributed by atoms with Gasteiger partial charge in [0.15, 0.2) is 0 Å². The van der Waals surface area contributed by atoms with Crippen LogP contribution >= 0.6 is 0 Å². The second-order valence-electron chi connectivity index (χ2n) is 13.3. The number of benzene rings is 3. The van der Waals surface area contributed by atoms with Crippen LogP contribution in [0.5, 0.6) is 0 Å². The molecule has 7 nitrogen and oxygen atoms in total. The highest BCUT2D eigenvalue weighted by Gasteiger charge is 2.34. The Morgan fingerprint density at radius 3 is 2.37 bits per heavy atom. The normalized spacial score (nSPS) is 14.7. The van der Waals surface area contributed by atoms with Crippen LogP contribution in [0.3, 0.4) is 0 Å². The molecule has 0 aliphatic heterocycles. The van der Waals surface area contributed by atoms with Gasteiger partial charge < -0.3 is 20.7 Å². The van der Waals surface area contributed by atoms with Gasteiger partial charge in [-0.25, -0.2) is 14.2 Å². The van der Waals surface area contributed by atoms with E-state index in [-0.39, 0.29) is 36.8 Å². The summed E-state index contributed by atoms with van der Waals surface area (Å²) in [6, 6.07) is 18.3. The highest BCUT2D eigenvalue weighted by molar-refractivity contribution is 6.47. The van der Waals surface area contributed by atoms with Crippen molar-refractivity contribution in [2.24, 2.45) is 10.9 Å². The molecule has 1 aliphatic carbocycles. The fraction of sp³-hybridized carbons (Fsp3) is 0.395. The van der Waals surface area contributed by atoms with Gasteiger partial charge in [0.25, 0.3) is 5.91 Å². The van der Waals surface area contributed by atoms with Gasteiger partial charge >= 0.3 is 12.3 Å². The second-order valence-corrected chi connectivity index (χ2v) is 13.3. The van der Waals surface area contributed by atoms with E-state index in [1.165, 1.54) is 24.3 Å². The predicted octanol–water partition coefficient (Wildman–Crippen LogP) is 9.25. The first-order chi connectivity index (χ1) is 23.1. The van der Waals surface area contributed by atoms with E-state index in [4.69, 9.17) is 4.74 Å². The number of hydrogen-bond acceptors (Lipinski definition) is 5. The van der Waals surface area contributed by atoms with Crippen molar-refractivity contribution in [3.05, 3.63) is 106 Å². The summed E-state index contributed by atoms with van der Waals surface area (Å²) in [6.45, 7) is 9.58. The molecule has 0 saturated heterocycles. The SMILES string of the molecule is CCC/C(=C\C(=Nc1cccc(CNC(=O)OC(C)(C)C)c1)C(=O)Nc1cc(C(NCC2CC2)c2cccc(C)c2)ccc1F)C(F)(F)F. The van der Waals surface area contributed by atoms with Gasteiger partial charge in [-0.2, -0.15) is 13.2 Å². The zero-order valence-electron chi connectivity index (χ0n) is 28.5. The molecule has 1 aliphatic rings. The van der Waals surface area contributed by atoms with Crippen molar-refractivity contribution in [2.45, 2.75) is 84.7 Å². The molecule has 3 aromatic carbocycles. The Balaban J connectivity index is 1.66. The minimum atomic E-state index is -4.71. The third kappa shape index (κ3) is 11.8. The van der Waals surface area contributed by atoms with Crippen LogP contribution in [-0.4, -0.2) is 36.0 Å². The second kappa shape index (κ2) is 16.3. The molecule has 0 aromatic heterocycles. The molecule has 4 rings (SSSR count). The first-order valence-electron chi connectivity index (χ1n) is 16.4. The number of allylic oxidation sites excluding steroid dienone is 1. The summed E-state index contributed by atoms with van der Waals surface area (Å²) in [5.41, 5.74) is 1.06. The number of carbonyl (C=O) groups is 2.